The summed E-state index contributed by atoms with van der Waals surface area (Å²) < 4.78 is 7.51. The molecule has 0 fully saturated rings. The fraction of sp³-hybridized carbons (Fsp3) is 0.364. The Hall–Kier alpha value is -2.71. The summed E-state index contributed by atoms with van der Waals surface area (Å²) >= 11 is 1.39. The average molecular weight is 426 g/mol. The third-order valence-corrected chi connectivity index (χ3v) is 5.51. The summed E-state index contributed by atoms with van der Waals surface area (Å²) in [4.78, 5) is 16.5. The number of hydrogen-bond acceptors (Lipinski definition) is 6. The fourth-order valence-corrected chi connectivity index (χ4v) is 3.79. The van der Waals surface area contributed by atoms with Crippen LogP contribution in [0.5, 0.6) is 0 Å². The van der Waals surface area contributed by atoms with E-state index < -0.39 is 0 Å². The normalized spacial score (nSPS) is 11.9. The molecule has 0 bridgehead atoms. The first-order chi connectivity index (χ1) is 14.7. The number of pyridine rings is 1. The standard InChI is InChI=1S/C22H27N5O2S/c1-3-29-15-7-14-27-21(19-10-12-23-13-11-19)25-26-22(27)30-16-20(28)24-17(2)18-8-5-4-6-9-18/h4-6,8-13,17H,3,7,14-16H2,1-2H3,(H,24,28)/t17-/m1/s1. The molecule has 0 radical (unpaired) electrons. The van der Waals surface area contributed by atoms with Crippen molar-refractivity contribution in [3.63, 3.8) is 0 Å². The van der Waals surface area contributed by atoms with Crippen LogP contribution in [0.15, 0.2) is 60.0 Å². The number of amides is 1. The maximum absolute atomic E-state index is 12.5. The van der Waals surface area contributed by atoms with Crippen LogP contribution in [0.4, 0.5) is 0 Å². The van der Waals surface area contributed by atoms with Gasteiger partial charge in [0.05, 0.1) is 11.8 Å². The summed E-state index contributed by atoms with van der Waals surface area (Å²) in [5.74, 6) is 1.01. The first-order valence-corrected chi connectivity index (χ1v) is 11.1. The average Bonchev–Trinajstić information content (AvgIpc) is 3.19. The first-order valence-electron chi connectivity index (χ1n) is 10.1. The maximum atomic E-state index is 12.5. The van der Waals surface area contributed by atoms with Crippen molar-refractivity contribution in [2.24, 2.45) is 0 Å². The number of rotatable bonds is 11. The third-order valence-electron chi connectivity index (χ3n) is 4.54. The first kappa shape index (κ1) is 22.0. The van der Waals surface area contributed by atoms with E-state index in [2.05, 4.69) is 20.5 Å². The molecule has 30 heavy (non-hydrogen) atoms. The Bertz CT molecular complexity index is 918. The number of nitrogens with one attached hydrogen (secondary N) is 1. The minimum atomic E-state index is -0.0456. The number of ether oxygens (including phenoxy) is 1. The van der Waals surface area contributed by atoms with Crippen molar-refractivity contribution in [2.45, 2.75) is 38.0 Å². The zero-order valence-corrected chi connectivity index (χ0v) is 18.1. The number of benzene rings is 1. The largest absolute Gasteiger partial charge is 0.382 e. The molecule has 0 saturated carbocycles. The minimum Gasteiger partial charge on any atom is -0.382 e. The smallest absolute Gasteiger partial charge is 0.230 e. The molecule has 158 valence electrons. The summed E-state index contributed by atoms with van der Waals surface area (Å²) in [5, 5.41) is 12.5. The number of carbonyl (C=O) groups excluding carboxylic acids is 1. The lowest BCUT2D eigenvalue weighted by Crippen LogP contribution is -2.28. The van der Waals surface area contributed by atoms with E-state index in [1.165, 1.54) is 11.8 Å². The highest BCUT2D eigenvalue weighted by atomic mass is 32.2. The van der Waals surface area contributed by atoms with Gasteiger partial charge in [0.25, 0.3) is 0 Å². The molecule has 3 aromatic rings. The van der Waals surface area contributed by atoms with E-state index in [0.29, 0.717) is 13.2 Å². The van der Waals surface area contributed by atoms with Crippen LogP contribution in [0.3, 0.4) is 0 Å². The second-order valence-electron chi connectivity index (χ2n) is 6.73. The zero-order chi connectivity index (χ0) is 21.2. The number of carbonyl (C=O) groups is 1. The summed E-state index contributed by atoms with van der Waals surface area (Å²) in [7, 11) is 0. The molecule has 0 unspecified atom stereocenters. The Labute approximate surface area is 181 Å². The van der Waals surface area contributed by atoms with Gasteiger partial charge in [-0.05, 0) is 38.0 Å². The number of hydrogen-bond donors (Lipinski definition) is 1. The van der Waals surface area contributed by atoms with E-state index >= 15 is 0 Å². The minimum absolute atomic E-state index is 0.0364. The van der Waals surface area contributed by atoms with Gasteiger partial charge in [0, 0.05) is 37.7 Å². The number of nitrogens with zero attached hydrogens (tertiary/aromatic N) is 4. The third kappa shape index (κ3) is 6.14. The Kier molecular flexibility index (Phi) is 8.41. The van der Waals surface area contributed by atoms with Gasteiger partial charge in [0.15, 0.2) is 11.0 Å². The van der Waals surface area contributed by atoms with Gasteiger partial charge in [0.2, 0.25) is 5.91 Å². The molecule has 2 heterocycles. The second kappa shape index (κ2) is 11.5. The van der Waals surface area contributed by atoms with E-state index in [1.54, 1.807) is 12.4 Å². The van der Waals surface area contributed by atoms with Crippen LogP contribution < -0.4 is 5.32 Å². The molecule has 2 aromatic heterocycles. The van der Waals surface area contributed by atoms with Crippen molar-refractivity contribution < 1.29 is 9.53 Å². The molecule has 0 aliphatic carbocycles. The molecule has 0 saturated heterocycles. The summed E-state index contributed by atoms with van der Waals surface area (Å²) in [5.41, 5.74) is 2.03. The molecular formula is C22H27N5O2S. The molecule has 0 aliphatic rings. The van der Waals surface area contributed by atoms with Crippen molar-refractivity contribution in [1.29, 1.82) is 0 Å². The van der Waals surface area contributed by atoms with Crippen molar-refractivity contribution in [3.05, 3.63) is 60.4 Å². The summed E-state index contributed by atoms with van der Waals surface area (Å²) in [6, 6.07) is 13.7. The van der Waals surface area contributed by atoms with Crippen LogP contribution >= 0.6 is 11.8 Å². The molecular weight excluding hydrogens is 398 g/mol. The monoisotopic (exact) mass is 425 g/mol. The van der Waals surface area contributed by atoms with Crippen LogP contribution in [0, 0.1) is 0 Å². The topological polar surface area (TPSA) is 81.9 Å². The van der Waals surface area contributed by atoms with Crippen LogP contribution in [0.25, 0.3) is 11.4 Å². The van der Waals surface area contributed by atoms with Crippen LogP contribution in [-0.2, 0) is 16.1 Å². The SMILES string of the molecule is CCOCCCn1c(SCC(=O)N[C@H](C)c2ccccc2)nnc1-c1ccncc1. The number of aromatic nitrogens is 4. The fourth-order valence-electron chi connectivity index (χ4n) is 3.02. The predicted octanol–water partition coefficient (Wildman–Crippen LogP) is 3.74. The number of thioether (sulfide) groups is 1. The van der Waals surface area contributed by atoms with Crippen LogP contribution in [0.2, 0.25) is 0 Å². The van der Waals surface area contributed by atoms with Gasteiger partial charge in [-0.2, -0.15) is 0 Å². The molecule has 3 rings (SSSR count). The molecule has 1 amide bonds. The summed E-state index contributed by atoms with van der Waals surface area (Å²) in [6.07, 6.45) is 4.31. The molecule has 7 nitrogen and oxygen atoms in total. The maximum Gasteiger partial charge on any atom is 0.230 e. The van der Waals surface area contributed by atoms with Crippen LogP contribution in [0.1, 0.15) is 31.9 Å². The van der Waals surface area contributed by atoms with Crippen molar-refractivity contribution in [2.75, 3.05) is 19.0 Å². The highest BCUT2D eigenvalue weighted by Crippen LogP contribution is 2.24. The Morgan fingerprint density at radius 1 is 1.17 bits per heavy atom. The van der Waals surface area contributed by atoms with E-state index in [4.69, 9.17) is 4.74 Å². The van der Waals surface area contributed by atoms with Gasteiger partial charge >= 0.3 is 0 Å². The molecule has 0 spiro atoms. The van der Waals surface area contributed by atoms with E-state index in [-0.39, 0.29) is 17.7 Å². The Morgan fingerprint density at radius 2 is 1.93 bits per heavy atom. The lowest BCUT2D eigenvalue weighted by Gasteiger charge is -2.14. The Balaban J connectivity index is 1.65. The van der Waals surface area contributed by atoms with E-state index in [0.717, 1.165) is 35.1 Å². The molecule has 1 N–H and O–H groups in total. The quantitative estimate of drug-likeness (QED) is 0.372. The zero-order valence-electron chi connectivity index (χ0n) is 17.3. The molecule has 1 atom stereocenters. The lowest BCUT2D eigenvalue weighted by atomic mass is 10.1. The molecule has 8 heteroatoms. The van der Waals surface area contributed by atoms with Crippen LogP contribution in [-0.4, -0.2) is 44.6 Å². The van der Waals surface area contributed by atoms with Gasteiger partial charge in [-0.3, -0.25) is 9.78 Å². The van der Waals surface area contributed by atoms with Gasteiger partial charge in [0.1, 0.15) is 0 Å². The van der Waals surface area contributed by atoms with Gasteiger partial charge in [-0.15, -0.1) is 10.2 Å². The van der Waals surface area contributed by atoms with Gasteiger partial charge in [-0.1, -0.05) is 42.1 Å². The van der Waals surface area contributed by atoms with Crippen molar-refractivity contribution in [3.8, 4) is 11.4 Å². The molecule has 1 aromatic carbocycles. The van der Waals surface area contributed by atoms with E-state index in [1.807, 2.05) is 60.9 Å². The predicted molar refractivity (Wildman–Crippen MR) is 118 cm³/mol. The summed E-state index contributed by atoms with van der Waals surface area (Å²) in [6.45, 7) is 6.05. The van der Waals surface area contributed by atoms with Gasteiger partial charge < -0.3 is 14.6 Å². The van der Waals surface area contributed by atoms with Crippen molar-refractivity contribution >= 4 is 17.7 Å². The molecule has 0 aliphatic heterocycles. The van der Waals surface area contributed by atoms with E-state index in [9.17, 15) is 4.79 Å². The van der Waals surface area contributed by atoms with Gasteiger partial charge in [-0.25, -0.2) is 0 Å². The Morgan fingerprint density at radius 3 is 2.67 bits per heavy atom. The highest BCUT2D eigenvalue weighted by molar-refractivity contribution is 7.99. The lowest BCUT2D eigenvalue weighted by molar-refractivity contribution is -0.119. The van der Waals surface area contributed by atoms with Crippen molar-refractivity contribution in [1.82, 2.24) is 25.1 Å². The second-order valence-corrected chi connectivity index (χ2v) is 7.68. The highest BCUT2D eigenvalue weighted by Gasteiger charge is 2.16.